The van der Waals surface area contributed by atoms with Gasteiger partial charge in [0.1, 0.15) is 5.82 Å². The molecule has 4 nitrogen and oxygen atoms in total. The lowest BCUT2D eigenvalue weighted by Gasteiger charge is -2.18. The topological polar surface area (TPSA) is 49.4 Å². The van der Waals surface area contributed by atoms with Crippen LogP contribution in [0.5, 0.6) is 0 Å². The molecule has 1 aliphatic carbocycles. The highest BCUT2D eigenvalue weighted by molar-refractivity contribution is 5.86. The van der Waals surface area contributed by atoms with Gasteiger partial charge >= 0.3 is 0 Å². The van der Waals surface area contributed by atoms with Crippen molar-refractivity contribution < 1.29 is 14.0 Å². The average Bonchev–Trinajstić information content (AvgIpc) is 3.08. The number of hydrogen-bond donors (Lipinski definition) is 1. The van der Waals surface area contributed by atoms with Gasteiger partial charge in [0.2, 0.25) is 11.8 Å². The summed E-state index contributed by atoms with van der Waals surface area (Å²) in [5.74, 6) is -0.246. The van der Waals surface area contributed by atoms with Crippen LogP contribution in [0.4, 0.5) is 4.39 Å². The molecule has 0 radical (unpaired) electrons. The van der Waals surface area contributed by atoms with Gasteiger partial charge in [0, 0.05) is 24.9 Å². The fourth-order valence-electron chi connectivity index (χ4n) is 2.65. The summed E-state index contributed by atoms with van der Waals surface area (Å²) in [6.07, 6.45) is 2.18. The highest BCUT2D eigenvalue weighted by Crippen LogP contribution is 2.45. The van der Waals surface area contributed by atoms with E-state index in [1.165, 1.54) is 12.1 Å². The zero-order valence-corrected chi connectivity index (χ0v) is 12.1. The normalized spacial score (nSPS) is 23.2. The predicted molar refractivity (Wildman–Crippen MR) is 75.7 cm³/mol. The van der Waals surface area contributed by atoms with Crippen molar-refractivity contribution in [3.63, 3.8) is 0 Å². The van der Waals surface area contributed by atoms with Crippen molar-refractivity contribution in [2.75, 3.05) is 6.54 Å². The number of likely N-dealkylation sites (tertiary alicyclic amines) is 1. The first-order valence-electron chi connectivity index (χ1n) is 7.29. The van der Waals surface area contributed by atoms with Crippen LogP contribution in [0, 0.1) is 11.2 Å². The van der Waals surface area contributed by atoms with Gasteiger partial charge in [-0.3, -0.25) is 9.59 Å². The summed E-state index contributed by atoms with van der Waals surface area (Å²) in [7, 11) is 0. The van der Waals surface area contributed by atoms with E-state index in [9.17, 15) is 14.0 Å². The molecule has 1 saturated heterocycles. The average molecular weight is 290 g/mol. The highest BCUT2D eigenvalue weighted by Gasteiger charge is 2.46. The Labute approximate surface area is 123 Å². The number of nitrogens with zero attached hydrogens (tertiary/aromatic N) is 1. The lowest BCUT2D eigenvalue weighted by Crippen LogP contribution is -2.40. The van der Waals surface area contributed by atoms with E-state index in [1.807, 2.05) is 6.92 Å². The summed E-state index contributed by atoms with van der Waals surface area (Å²) >= 11 is 0. The Kier molecular flexibility index (Phi) is 3.43. The third-order valence-corrected chi connectivity index (χ3v) is 4.36. The molecule has 5 heteroatoms. The van der Waals surface area contributed by atoms with Gasteiger partial charge in [-0.1, -0.05) is 19.1 Å². The summed E-state index contributed by atoms with van der Waals surface area (Å²) in [5.41, 5.74) is 0.545. The Morgan fingerprint density at radius 3 is 2.90 bits per heavy atom. The van der Waals surface area contributed by atoms with Crippen LogP contribution in [0.25, 0.3) is 0 Å². The zero-order valence-electron chi connectivity index (χ0n) is 12.1. The maximum atomic E-state index is 13.2. The second-order valence-electron chi connectivity index (χ2n) is 6.34. The molecule has 1 N–H and O–H groups in total. The SMILES string of the molecule is CC1(C(=O)N[C@H]2CC(=O)N(Cc3cccc(F)c3)C2)CC1. The monoisotopic (exact) mass is 290 g/mol. The van der Waals surface area contributed by atoms with Gasteiger partial charge in [0.05, 0.1) is 6.04 Å². The van der Waals surface area contributed by atoms with Gasteiger partial charge in [-0.15, -0.1) is 0 Å². The fraction of sp³-hybridized carbons (Fsp3) is 0.500. The summed E-state index contributed by atoms with van der Waals surface area (Å²) in [4.78, 5) is 25.7. The van der Waals surface area contributed by atoms with Gasteiger partial charge in [-0.2, -0.15) is 0 Å². The molecule has 0 aromatic heterocycles. The third-order valence-electron chi connectivity index (χ3n) is 4.36. The lowest BCUT2D eigenvalue weighted by atomic mass is 10.1. The first kappa shape index (κ1) is 14.0. The minimum absolute atomic E-state index is 0.00510. The zero-order chi connectivity index (χ0) is 15.0. The van der Waals surface area contributed by atoms with Crippen molar-refractivity contribution in [3.05, 3.63) is 35.6 Å². The minimum atomic E-state index is -0.300. The van der Waals surface area contributed by atoms with E-state index >= 15 is 0 Å². The molecule has 2 aliphatic rings. The first-order chi connectivity index (χ1) is 9.96. The van der Waals surface area contributed by atoms with Crippen LogP contribution in [-0.2, 0) is 16.1 Å². The van der Waals surface area contributed by atoms with Gasteiger partial charge in [-0.25, -0.2) is 4.39 Å². The number of nitrogens with one attached hydrogen (secondary N) is 1. The summed E-state index contributed by atoms with van der Waals surface area (Å²) in [6, 6.07) is 6.13. The number of halogens is 1. The molecule has 1 aromatic rings. The predicted octanol–water partition coefficient (Wildman–Crippen LogP) is 1.84. The molecular formula is C16H19FN2O2. The molecule has 1 heterocycles. The van der Waals surface area contributed by atoms with Crippen LogP contribution in [-0.4, -0.2) is 29.3 Å². The molecule has 3 rings (SSSR count). The molecule has 1 aliphatic heterocycles. The molecule has 21 heavy (non-hydrogen) atoms. The van der Waals surface area contributed by atoms with Crippen LogP contribution >= 0.6 is 0 Å². The number of carbonyl (C=O) groups excluding carboxylic acids is 2. The Balaban J connectivity index is 1.58. The molecule has 0 bridgehead atoms. The van der Waals surface area contributed by atoms with Gasteiger partial charge in [-0.05, 0) is 30.5 Å². The number of carbonyl (C=O) groups is 2. The lowest BCUT2D eigenvalue weighted by molar-refractivity contribution is -0.128. The van der Waals surface area contributed by atoms with E-state index in [0.29, 0.717) is 19.5 Å². The third kappa shape index (κ3) is 3.06. The molecule has 1 saturated carbocycles. The van der Waals surface area contributed by atoms with Crippen LogP contribution in [0.1, 0.15) is 31.7 Å². The van der Waals surface area contributed by atoms with Crippen LogP contribution in [0.15, 0.2) is 24.3 Å². The van der Waals surface area contributed by atoms with Crippen molar-refractivity contribution in [1.82, 2.24) is 10.2 Å². The van der Waals surface area contributed by atoms with Crippen molar-refractivity contribution in [2.45, 2.75) is 38.8 Å². The van der Waals surface area contributed by atoms with Crippen molar-refractivity contribution in [3.8, 4) is 0 Å². The Hall–Kier alpha value is -1.91. The number of rotatable bonds is 4. The molecule has 0 unspecified atom stereocenters. The van der Waals surface area contributed by atoms with Crippen molar-refractivity contribution >= 4 is 11.8 Å². The van der Waals surface area contributed by atoms with E-state index in [1.54, 1.807) is 17.0 Å². The molecule has 1 atom stereocenters. The summed E-state index contributed by atoms with van der Waals surface area (Å²) in [5, 5.41) is 2.96. The van der Waals surface area contributed by atoms with E-state index in [-0.39, 0.29) is 29.1 Å². The van der Waals surface area contributed by atoms with E-state index in [2.05, 4.69) is 5.32 Å². The number of hydrogen-bond acceptors (Lipinski definition) is 2. The first-order valence-corrected chi connectivity index (χ1v) is 7.29. The van der Waals surface area contributed by atoms with Crippen LogP contribution < -0.4 is 5.32 Å². The highest BCUT2D eigenvalue weighted by atomic mass is 19.1. The van der Waals surface area contributed by atoms with Crippen molar-refractivity contribution in [1.29, 1.82) is 0 Å². The Bertz CT molecular complexity index is 583. The largest absolute Gasteiger partial charge is 0.351 e. The Morgan fingerprint density at radius 2 is 2.24 bits per heavy atom. The fourth-order valence-corrected chi connectivity index (χ4v) is 2.65. The maximum Gasteiger partial charge on any atom is 0.226 e. The Morgan fingerprint density at radius 1 is 1.48 bits per heavy atom. The summed E-state index contributed by atoms with van der Waals surface area (Å²) < 4.78 is 13.2. The van der Waals surface area contributed by atoms with Gasteiger partial charge in [0.15, 0.2) is 0 Å². The molecule has 112 valence electrons. The maximum absolute atomic E-state index is 13.2. The molecule has 1 aromatic carbocycles. The summed E-state index contributed by atoms with van der Waals surface area (Å²) in [6.45, 7) is 2.83. The number of amides is 2. The molecule has 2 amide bonds. The van der Waals surface area contributed by atoms with Crippen LogP contribution in [0.2, 0.25) is 0 Å². The van der Waals surface area contributed by atoms with Crippen LogP contribution in [0.3, 0.4) is 0 Å². The van der Waals surface area contributed by atoms with E-state index in [0.717, 1.165) is 18.4 Å². The van der Waals surface area contributed by atoms with E-state index < -0.39 is 0 Å². The smallest absolute Gasteiger partial charge is 0.226 e. The quantitative estimate of drug-likeness (QED) is 0.920. The second kappa shape index (κ2) is 5.13. The van der Waals surface area contributed by atoms with Gasteiger partial charge in [0.25, 0.3) is 0 Å². The molecule has 2 fully saturated rings. The molecule has 0 spiro atoms. The van der Waals surface area contributed by atoms with Gasteiger partial charge < -0.3 is 10.2 Å². The van der Waals surface area contributed by atoms with E-state index in [4.69, 9.17) is 0 Å². The minimum Gasteiger partial charge on any atom is -0.351 e. The second-order valence-corrected chi connectivity index (χ2v) is 6.34. The molecular weight excluding hydrogens is 271 g/mol. The number of benzene rings is 1. The standard InChI is InChI=1S/C16H19FN2O2/c1-16(5-6-16)15(21)18-13-8-14(20)19(10-13)9-11-3-2-4-12(17)7-11/h2-4,7,13H,5-6,8-10H2,1H3,(H,18,21)/t13-/m0/s1. The van der Waals surface area contributed by atoms with Crippen molar-refractivity contribution in [2.24, 2.45) is 5.41 Å².